The first kappa shape index (κ1) is 20.0. The molecule has 2 aromatic carbocycles. The van der Waals surface area contributed by atoms with E-state index in [4.69, 9.17) is 31.8 Å². The van der Waals surface area contributed by atoms with Gasteiger partial charge in [0.25, 0.3) is 0 Å². The van der Waals surface area contributed by atoms with Crippen molar-refractivity contribution in [1.82, 2.24) is 0 Å². The van der Waals surface area contributed by atoms with Gasteiger partial charge in [0.1, 0.15) is 6.10 Å². The second kappa shape index (κ2) is 8.89. The normalized spacial score (nSPS) is 11.1. The molecule has 2 aromatic rings. The van der Waals surface area contributed by atoms with Gasteiger partial charge in [-0.2, -0.15) is 0 Å². The number of hydrogen-bond donors (Lipinski definition) is 1. The van der Waals surface area contributed by atoms with Crippen molar-refractivity contribution < 1.29 is 24.1 Å². The molecular weight excluding hydrogens is 344 g/mol. The van der Waals surface area contributed by atoms with Crippen LogP contribution in [0.5, 0.6) is 23.0 Å². The minimum absolute atomic E-state index is 0.335. The summed E-state index contributed by atoms with van der Waals surface area (Å²) in [6.45, 7) is 0. The zero-order chi connectivity index (χ0) is 20.0. The van der Waals surface area contributed by atoms with E-state index in [1.165, 1.54) is 21.3 Å². The van der Waals surface area contributed by atoms with E-state index in [0.717, 1.165) is 5.56 Å². The molecule has 0 saturated carbocycles. The average molecular weight is 366 g/mol. The van der Waals surface area contributed by atoms with E-state index >= 15 is 0 Å². The number of terminal acetylenes is 2. The van der Waals surface area contributed by atoms with Crippen molar-refractivity contribution in [3.8, 4) is 58.8 Å². The second-order valence-electron chi connectivity index (χ2n) is 5.55. The predicted molar refractivity (Wildman–Crippen MR) is 104 cm³/mol. The van der Waals surface area contributed by atoms with Crippen LogP contribution in [-0.4, -0.2) is 33.5 Å². The highest BCUT2D eigenvalue weighted by atomic mass is 16.5. The van der Waals surface area contributed by atoms with Crippen LogP contribution < -0.4 is 18.9 Å². The Balaban J connectivity index is 3.03. The smallest absolute Gasteiger partial charge is 0.169 e. The van der Waals surface area contributed by atoms with Crippen LogP contribution in [0.1, 0.15) is 17.2 Å². The number of rotatable bonds is 7. The zero-order valence-electron chi connectivity index (χ0n) is 15.8. The fourth-order valence-corrected chi connectivity index (χ4v) is 3.02. The molecule has 0 aliphatic rings. The summed E-state index contributed by atoms with van der Waals surface area (Å²) in [5.41, 5.74) is 2.45. The third-order valence-corrected chi connectivity index (χ3v) is 4.20. The maximum absolute atomic E-state index is 10.4. The molecule has 2 rings (SSSR count). The van der Waals surface area contributed by atoms with Crippen LogP contribution in [0.4, 0.5) is 0 Å². The van der Waals surface area contributed by atoms with E-state index in [9.17, 15) is 5.11 Å². The Labute approximate surface area is 159 Å². The van der Waals surface area contributed by atoms with Gasteiger partial charge in [-0.05, 0) is 17.7 Å². The van der Waals surface area contributed by atoms with Gasteiger partial charge in [-0.15, -0.1) is 18.8 Å². The predicted octanol–water partition coefficient (Wildman–Crippen LogP) is 3.23. The summed E-state index contributed by atoms with van der Waals surface area (Å²) in [6, 6.07) is 7.01. The maximum Gasteiger partial charge on any atom is 0.169 e. The molecule has 0 saturated heterocycles. The van der Waals surface area contributed by atoms with Gasteiger partial charge in [0, 0.05) is 23.1 Å². The molecule has 1 atom stereocenters. The fourth-order valence-electron chi connectivity index (χ4n) is 3.02. The van der Waals surface area contributed by atoms with Crippen molar-refractivity contribution in [2.45, 2.75) is 12.5 Å². The highest BCUT2D eigenvalue weighted by molar-refractivity contribution is 5.86. The fraction of sp³-hybridized carbons (Fsp3) is 0.273. The minimum Gasteiger partial charge on any atom is -0.493 e. The Morgan fingerprint density at radius 1 is 0.852 bits per heavy atom. The molecule has 0 aliphatic heterocycles. The highest BCUT2D eigenvalue weighted by Gasteiger charge is 2.26. The number of aliphatic hydroxyl groups excluding tert-OH is 1. The van der Waals surface area contributed by atoms with E-state index in [1.54, 1.807) is 25.3 Å². The highest BCUT2D eigenvalue weighted by Crippen LogP contribution is 2.49. The van der Waals surface area contributed by atoms with Gasteiger partial charge in [0.2, 0.25) is 0 Å². The molecule has 0 heterocycles. The van der Waals surface area contributed by atoms with Crippen molar-refractivity contribution in [1.29, 1.82) is 0 Å². The Morgan fingerprint density at radius 3 is 1.89 bits per heavy atom. The van der Waals surface area contributed by atoms with Crippen molar-refractivity contribution >= 4 is 0 Å². The Kier molecular flexibility index (Phi) is 6.60. The lowest BCUT2D eigenvalue weighted by Crippen LogP contribution is -2.05. The molecule has 5 nitrogen and oxygen atoms in total. The summed E-state index contributed by atoms with van der Waals surface area (Å²) in [5, 5.41) is 10.4. The molecule has 0 radical (unpaired) electrons. The first-order valence-electron chi connectivity index (χ1n) is 8.14. The number of methoxy groups -OCH3 is 4. The van der Waals surface area contributed by atoms with Crippen LogP contribution in [0.25, 0.3) is 11.1 Å². The van der Waals surface area contributed by atoms with Gasteiger partial charge in [0.05, 0.1) is 28.4 Å². The van der Waals surface area contributed by atoms with Crippen LogP contribution in [0.3, 0.4) is 0 Å². The van der Waals surface area contributed by atoms with Gasteiger partial charge in [-0.1, -0.05) is 18.1 Å². The molecule has 0 aromatic heterocycles. The SMILES string of the molecule is C#CCc1ccc(OC)c(OC)c1-c1c([C@@H](O)C#C)ccc(OC)c1OC. The summed E-state index contributed by atoms with van der Waals surface area (Å²) in [7, 11) is 6.12. The largest absolute Gasteiger partial charge is 0.493 e. The van der Waals surface area contributed by atoms with E-state index in [2.05, 4.69) is 11.8 Å². The third-order valence-electron chi connectivity index (χ3n) is 4.20. The summed E-state index contributed by atoms with van der Waals surface area (Å²) in [5.74, 6) is 6.85. The van der Waals surface area contributed by atoms with Crippen LogP contribution in [0.15, 0.2) is 24.3 Å². The summed E-state index contributed by atoms with van der Waals surface area (Å²) in [6.07, 6.45) is 10.2. The molecule has 0 fully saturated rings. The minimum atomic E-state index is -1.16. The van der Waals surface area contributed by atoms with E-state index in [0.29, 0.717) is 46.1 Å². The van der Waals surface area contributed by atoms with Crippen molar-refractivity contribution in [3.05, 3.63) is 35.4 Å². The molecule has 0 amide bonds. The lowest BCUT2D eigenvalue weighted by Gasteiger charge is -2.23. The third kappa shape index (κ3) is 3.65. The van der Waals surface area contributed by atoms with Crippen LogP contribution in [0, 0.1) is 24.7 Å². The molecule has 1 N–H and O–H groups in total. The number of ether oxygens (including phenoxy) is 4. The second-order valence-corrected chi connectivity index (χ2v) is 5.55. The van der Waals surface area contributed by atoms with Gasteiger partial charge in [-0.25, -0.2) is 0 Å². The maximum atomic E-state index is 10.4. The van der Waals surface area contributed by atoms with E-state index < -0.39 is 6.10 Å². The topological polar surface area (TPSA) is 57.2 Å². The Morgan fingerprint density at radius 2 is 1.41 bits per heavy atom. The van der Waals surface area contributed by atoms with Gasteiger partial charge < -0.3 is 24.1 Å². The molecule has 0 unspecified atom stereocenters. The summed E-state index contributed by atoms with van der Waals surface area (Å²) in [4.78, 5) is 0. The molecule has 0 aliphatic carbocycles. The quantitative estimate of drug-likeness (QED) is 0.763. The standard InChI is InChI=1S/C22H22O5/c1-7-9-14-10-12-17(24-3)21(26-5)19(14)20-15(16(23)8-2)11-13-18(25-4)22(20)27-6/h1-2,10-13,16,23H,9H2,3-6H3/t16-/m0/s1. The first-order chi connectivity index (χ1) is 13.1. The zero-order valence-corrected chi connectivity index (χ0v) is 15.8. The van der Waals surface area contributed by atoms with Gasteiger partial charge in [-0.3, -0.25) is 0 Å². The van der Waals surface area contributed by atoms with Gasteiger partial charge >= 0.3 is 0 Å². The molecule has 0 spiro atoms. The van der Waals surface area contributed by atoms with Crippen molar-refractivity contribution in [2.24, 2.45) is 0 Å². The lowest BCUT2D eigenvalue weighted by molar-refractivity contribution is 0.238. The number of aliphatic hydroxyl groups is 1. The monoisotopic (exact) mass is 366 g/mol. The van der Waals surface area contributed by atoms with Crippen LogP contribution in [0.2, 0.25) is 0 Å². The first-order valence-corrected chi connectivity index (χ1v) is 8.14. The Hall–Kier alpha value is -3.28. The molecule has 140 valence electrons. The number of hydrogen-bond acceptors (Lipinski definition) is 5. The molecular formula is C22H22O5. The van der Waals surface area contributed by atoms with Crippen molar-refractivity contribution in [2.75, 3.05) is 28.4 Å². The lowest BCUT2D eigenvalue weighted by atomic mass is 9.89. The Bertz CT molecular complexity index is 902. The van der Waals surface area contributed by atoms with Gasteiger partial charge in [0.15, 0.2) is 23.0 Å². The summed E-state index contributed by atoms with van der Waals surface area (Å²) >= 11 is 0. The summed E-state index contributed by atoms with van der Waals surface area (Å²) < 4.78 is 22.1. The molecule has 0 bridgehead atoms. The van der Waals surface area contributed by atoms with Crippen molar-refractivity contribution in [3.63, 3.8) is 0 Å². The average Bonchev–Trinajstić information content (AvgIpc) is 2.71. The number of benzene rings is 2. The molecule has 27 heavy (non-hydrogen) atoms. The van der Waals surface area contributed by atoms with Crippen LogP contribution >= 0.6 is 0 Å². The van der Waals surface area contributed by atoms with Crippen LogP contribution in [-0.2, 0) is 6.42 Å². The van der Waals surface area contributed by atoms with E-state index in [1.807, 2.05) is 6.07 Å². The molecule has 5 heteroatoms. The van der Waals surface area contributed by atoms with E-state index in [-0.39, 0.29) is 0 Å².